The number of fused-ring (bicyclic) bond motifs is 14. The second-order valence-electron chi connectivity index (χ2n) is 21.9. The van der Waals surface area contributed by atoms with Crippen LogP contribution in [-0.2, 0) is 0 Å². The van der Waals surface area contributed by atoms with E-state index in [9.17, 15) is 11.8 Å². The van der Waals surface area contributed by atoms with E-state index < -0.39 is 0 Å². The van der Waals surface area contributed by atoms with Crippen molar-refractivity contribution in [2.75, 3.05) is 0 Å². The summed E-state index contributed by atoms with van der Waals surface area (Å²) in [4.78, 5) is 4.74. The third kappa shape index (κ3) is 7.32. The number of thiophene rings is 2. The van der Waals surface area contributed by atoms with Gasteiger partial charge in [-0.05, 0) is 92.0 Å². The molecule has 0 saturated heterocycles. The summed E-state index contributed by atoms with van der Waals surface area (Å²) >= 11 is 3.61. The second kappa shape index (κ2) is 19.8. The van der Waals surface area contributed by atoms with Gasteiger partial charge < -0.3 is 9.13 Å². The highest BCUT2D eigenvalue weighted by Gasteiger charge is 2.35. The fourth-order valence-corrected chi connectivity index (χ4v) is 16.3. The van der Waals surface area contributed by atoms with Crippen LogP contribution >= 0.6 is 22.7 Å². The van der Waals surface area contributed by atoms with E-state index in [-0.39, 0.29) is 0 Å². The van der Waals surface area contributed by atoms with Crippen molar-refractivity contribution < 1.29 is 0 Å². The molecule has 0 aliphatic heterocycles. The van der Waals surface area contributed by atoms with Crippen molar-refractivity contribution >= 4 is 112 Å². The third-order valence-electron chi connectivity index (χ3n) is 17.4. The van der Waals surface area contributed by atoms with Gasteiger partial charge in [-0.2, -0.15) is 5.26 Å². The molecule has 86 heavy (non-hydrogen) atoms. The average molecular weight is 1130 g/mol. The SMILES string of the molecule is [C-]#[N+]c1c(-c2ccccc2)c(C#N)c(-n2c3c4sc5ccccc5c4cc(-c4ccccc4)c3c3c(-c4ccccc4)cc4c5ccccc5sc4c32)c(-c2ccccc2)c1-n1c2ccccc2c2c(-c3ccccc3)c(-c3ccccc3)ccc21. The average Bonchev–Trinajstić information content (AvgIpc) is 1.50. The van der Waals surface area contributed by atoms with Gasteiger partial charge in [-0.25, -0.2) is 4.85 Å². The molecule has 0 unspecified atom stereocenters. The first-order chi connectivity index (χ1) is 42.7. The Kier molecular flexibility index (Phi) is 11.4. The standard InChI is InChI=1S/C80H46N4S2/c1-82-74-69(53-34-16-6-17-35-53)63(48-81)75(70(54-36-18-7-19-37-54)76(74)83-64-41-23-20-40-58(64)71-65(83)45-44-55(49-26-8-2-9-27-49)68(71)52-32-14-5-15-33-52)84-77-72(59(50-28-10-3-11-29-50)46-61-56-38-21-24-42-66(56)85-79(61)77)73-60(51-30-12-4-13-31-51)47-62-57-39-22-25-43-67(57)86-80(62)78(73)84/h2-47H. The number of nitrogens with zero attached hydrogens (tertiary/aromatic N) is 4. The van der Waals surface area contributed by atoms with E-state index in [4.69, 9.17) is 4.85 Å². The Morgan fingerprint density at radius 2 is 0.744 bits per heavy atom. The number of aromatic nitrogens is 2. The molecule has 13 aromatic carbocycles. The Morgan fingerprint density at radius 3 is 1.22 bits per heavy atom. The number of hydrogen-bond donors (Lipinski definition) is 0. The molecule has 398 valence electrons. The van der Waals surface area contributed by atoms with E-state index in [0.29, 0.717) is 28.2 Å². The minimum absolute atomic E-state index is 0.390. The van der Waals surface area contributed by atoms with Gasteiger partial charge in [-0.3, -0.25) is 0 Å². The first-order valence-electron chi connectivity index (χ1n) is 28.8. The number of benzene rings is 13. The highest BCUT2D eigenvalue weighted by Crippen LogP contribution is 2.58. The monoisotopic (exact) mass is 1130 g/mol. The predicted molar refractivity (Wildman–Crippen MR) is 364 cm³/mol. The number of rotatable bonds is 8. The summed E-state index contributed by atoms with van der Waals surface area (Å²) < 4.78 is 9.45. The largest absolute Gasteiger partial charge is 0.318 e. The van der Waals surface area contributed by atoms with Crippen molar-refractivity contribution in [3.8, 4) is 84.2 Å². The molecule has 0 amide bonds. The molecular formula is C80H46N4S2. The van der Waals surface area contributed by atoms with Crippen molar-refractivity contribution in [2.24, 2.45) is 0 Å². The van der Waals surface area contributed by atoms with Gasteiger partial charge >= 0.3 is 0 Å². The van der Waals surface area contributed by atoms with Gasteiger partial charge in [0, 0.05) is 63.6 Å². The predicted octanol–water partition coefficient (Wildman–Crippen LogP) is 23.0. The molecule has 0 bridgehead atoms. The molecule has 0 aliphatic rings. The Labute approximate surface area is 503 Å². The van der Waals surface area contributed by atoms with E-state index >= 15 is 0 Å². The minimum Gasteiger partial charge on any atom is -0.318 e. The zero-order chi connectivity index (χ0) is 57.0. The number of para-hydroxylation sites is 1. The van der Waals surface area contributed by atoms with Crippen LogP contribution < -0.4 is 0 Å². The van der Waals surface area contributed by atoms with Crippen LogP contribution in [0.4, 0.5) is 5.69 Å². The quantitative estimate of drug-likeness (QED) is 0.140. The van der Waals surface area contributed by atoms with E-state index in [2.05, 4.69) is 276 Å². The lowest BCUT2D eigenvalue weighted by Crippen LogP contribution is -2.09. The normalized spacial score (nSPS) is 11.7. The maximum Gasteiger partial charge on any atom is 0.220 e. The Hall–Kier alpha value is -11.1. The maximum absolute atomic E-state index is 12.7. The molecule has 4 aromatic heterocycles. The molecule has 0 aliphatic carbocycles. The van der Waals surface area contributed by atoms with Crippen LogP contribution in [-0.4, -0.2) is 9.13 Å². The fourth-order valence-electron chi connectivity index (χ4n) is 13.8. The first-order valence-corrected chi connectivity index (χ1v) is 30.5. The summed E-state index contributed by atoms with van der Waals surface area (Å²) in [6.07, 6.45) is 0. The molecule has 4 nitrogen and oxygen atoms in total. The molecule has 0 saturated carbocycles. The molecular weight excluding hydrogens is 1080 g/mol. The lowest BCUT2D eigenvalue weighted by atomic mass is 9.88. The van der Waals surface area contributed by atoms with Gasteiger partial charge in [0.15, 0.2) is 0 Å². The van der Waals surface area contributed by atoms with Crippen LogP contribution in [0, 0.1) is 17.9 Å². The molecule has 0 N–H and O–H groups in total. The topological polar surface area (TPSA) is 38.0 Å². The van der Waals surface area contributed by atoms with Crippen molar-refractivity contribution in [1.82, 2.24) is 9.13 Å². The molecule has 0 atom stereocenters. The zero-order valence-corrected chi connectivity index (χ0v) is 47.8. The highest BCUT2D eigenvalue weighted by atomic mass is 32.1. The van der Waals surface area contributed by atoms with Crippen LogP contribution in [0.1, 0.15) is 5.56 Å². The van der Waals surface area contributed by atoms with E-state index in [1.165, 1.54) is 20.2 Å². The van der Waals surface area contributed by atoms with Crippen LogP contribution in [0.25, 0.3) is 167 Å². The van der Waals surface area contributed by atoms with Crippen LogP contribution in [0.5, 0.6) is 0 Å². The van der Waals surface area contributed by atoms with Gasteiger partial charge in [0.25, 0.3) is 0 Å². The molecule has 0 spiro atoms. The second-order valence-corrected chi connectivity index (χ2v) is 24.0. The van der Waals surface area contributed by atoms with E-state index in [0.717, 1.165) is 125 Å². The zero-order valence-electron chi connectivity index (χ0n) is 46.2. The lowest BCUT2D eigenvalue weighted by Gasteiger charge is -2.26. The first kappa shape index (κ1) is 49.5. The lowest BCUT2D eigenvalue weighted by molar-refractivity contribution is 1.14. The summed E-state index contributed by atoms with van der Waals surface area (Å²) in [5.41, 5.74) is 18.0. The van der Waals surface area contributed by atoms with Gasteiger partial charge in [0.2, 0.25) is 5.69 Å². The molecule has 0 fully saturated rings. The summed E-state index contributed by atoms with van der Waals surface area (Å²) in [7, 11) is 0. The molecule has 17 rings (SSSR count). The Morgan fingerprint density at radius 1 is 0.337 bits per heavy atom. The minimum atomic E-state index is 0.390. The van der Waals surface area contributed by atoms with Gasteiger partial charge in [0.1, 0.15) is 6.07 Å². The van der Waals surface area contributed by atoms with Gasteiger partial charge in [0.05, 0.1) is 55.0 Å². The van der Waals surface area contributed by atoms with Crippen LogP contribution in [0.2, 0.25) is 0 Å². The number of nitriles is 1. The summed E-state index contributed by atoms with van der Waals surface area (Å²) in [5.74, 6) is 0. The molecule has 17 aromatic rings. The maximum atomic E-state index is 12.7. The van der Waals surface area contributed by atoms with E-state index in [1.807, 2.05) is 18.2 Å². The van der Waals surface area contributed by atoms with Crippen molar-refractivity contribution in [1.29, 1.82) is 5.26 Å². The summed E-state index contributed by atoms with van der Waals surface area (Å²) in [6.45, 7) is 9.74. The number of hydrogen-bond acceptors (Lipinski definition) is 3. The molecule has 4 heterocycles. The van der Waals surface area contributed by atoms with E-state index in [1.54, 1.807) is 22.7 Å². The van der Waals surface area contributed by atoms with Gasteiger partial charge in [-0.1, -0.05) is 243 Å². The molecule has 6 heteroatoms. The van der Waals surface area contributed by atoms with Crippen molar-refractivity contribution in [3.63, 3.8) is 0 Å². The summed E-state index contributed by atoms with van der Waals surface area (Å²) in [5, 5.41) is 21.7. The third-order valence-corrected chi connectivity index (χ3v) is 19.7. The highest BCUT2D eigenvalue weighted by molar-refractivity contribution is 7.27. The van der Waals surface area contributed by atoms with Crippen molar-refractivity contribution in [3.05, 3.63) is 296 Å². The van der Waals surface area contributed by atoms with Crippen LogP contribution in [0.3, 0.4) is 0 Å². The van der Waals surface area contributed by atoms with Crippen LogP contribution in [0.15, 0.2) is 279 Å². The summed E-state index contributed by atoms with van der Waals surface area (Å²) in [6, 6.07) is 102. The Balaban J connectivity index is 1.19. The fraction of sp³-hybridized carbons (Fsp3) is 0. The van der Waals surface area contributed by atoms with Gasteiger partial charge in [-0.15, -0.1) is 22.7 Å². The Bertz CT molecular complexity index is 5520. The van der Waals surface area contributed by atoms with Crippen molar-refractivity contribution in [2.45, 2.75) is 0 Å². The molecule has 0 radical (unpaired) electrons. The smallest absolute Gasteiger partial charge is 0.220 e.